The molecule has 4 heteroatoms. The van der Waals surface area contributed by atoms with E-state index >= 15 is 0 Å². The molecule has 128 valence electrons. The van der Waals surface area contributed by atoms with Gasteiger partial charge in [0.05, 0.1) is 23.8 Å². The summed E-state index contributed by atoms with van der Waals surface area (Å²) >= 11 is 0. The lowest BCUT2D eigenvalue weighted by molar-refractivity contribution is 0.132. The van der Waals surface area contributed by atoms with Crippen LogP contribution in [0.4, 0.5) is 0 Å². The maximum Gasteiger partial charge on any atom is 0.0951 e. The van der Waals surface area contributed by atoms with Crippen molar-refractivity contribution < 1.29 is 0 Å². The van der Waals surface area contributed by atoms with Crippen LogP contribution in [0.25, 0.3) is 0 Å². The van der Waals surface area contributed by atoms with E-state index in [1.807, 2.05) is 12.3 Å². The lowest BCUT2D eigenvalue weighted by Gasteiger charge is -2.36. The fourth-order valence-electron chi connectivity index (χ4n) is 4.44. The average Bonchev–Trinajstić information content (AvgIpc) is 3.12. The molecule has 1 aliphatic heterocycles. The van der Waals surface area contributed by atoms with Crippen molar-refractivity contribution in [1.82, 2.24) is 19.4 Å². The maximum absolute atomic E-state index is 4.63. The normalized spacial score (nSPS) is 23.4. The Balaban J connectivity index is 1.52. The Morgan fingerprint density at radius 2 is 1.88 bits per heavy atom. The van der Waals surface area contributed by atoms with Gasteiger partial charge in [-0.1, -0.05) is 31.7 Å². The summed E-state index contributed by atoms with van der Waals surface area (Å²) in [6, 6.07) is 7.42. The number of hydrogen-bond acceptors (Lipinski definition) is 3. The van der Waals surface area contributed by atoms with Crippen molar-refractivity contribution in [3.63, 3.8) is 0 Å². The highest BCUT2D eigenvalue weighted by atomic mass is 15.2. The number of piperidine rings is 1. The van der Waals surface area contributed by atoms with E-state index in [1.165, 1.54) is 62.8 Å². The molecular weight excluding hydrogens is 296 g/mol. The number of aromatic nitrogens is 3. The van der Waals surface area contributed by atoms with Gasteiger partial charge in [0.25, 0.3) is 0 Å². The Labute approximate surface area is 144 Å². The first kappa shape index (κ1) is 15.8. The summed E-state index contributed by atoms with van der Waals surface area (Å²) in [5.74, 6) is 0. The molecule has 0 aromatic carbocycles. The van der Waals surface area contributed by atoms with Crippen LogP contribution < -0.4 is 0 Å². The fourth-order valence-corrected chi connectivity index (χ4v) is 4.44. The second kappa shape index (κ2) is 7.47. The fraction of sp³-hybridized carbons (Fsp3) is 0.600. The summed E-state index contributed by atoms with van der Waals surface area (Å²) in [6.45, 7) is 2.16. The van der Waals surface area contributed by atoms with Gasteiger partial charge in [0.15, 0.2) is 0 Å². The zero-order chi connectivity index (χ0) is 16.2. The van der Waals surface area contributed by atoms with E-state index in [1.54, 1.807) is 0 Å². The van der Waals surface area contributed by atoms with Gasteiger partial charge in [-0.3, -0.25) is 9.88 Å². The van der Waals surface area contributed by atoms with E-state index in [2.05, 4.69) is 44.1 Å². The number of hydrogen-bond donors (Lipinski definition) is 0. The second-order valence-corrected chi connectivity index (χ2v) is 7.32. The first-order valence-corrected chi connectivity index (χ1v) is 9.57. The van der Waals surface area contributed by atoms with Gasteiger partial charge in [0.2, 0.25) is 0 Å². The molecule has 4 rings (SSSR count). The van der Waals surface area contributed by atoms with Gasteiger partial charge in [0.1, 0.15) is 0 Å². The molecule has 2 aromatic heterocycles. The van der Waals surface area contributed by atoms with Gasteiger partial charge in [-0.15, -0.1) is 0 Å². The lowest BCUT2D eigenvalue weighted by Crippen LogP contribution is -2.34. The molecule has 2 aliphatic rings. The smallest absolute Gasteiger partial charge is 0.0951 e. The Hall–Kier alpha value is -1.68. The van der Waals surface area contributed by atoms with Crippen LogP contribution >= 0.6 is 0 Å². The number of nitrogens with zero attached hydrogens (tertiary/aromatic N) is 4. The summed E-state index contributed by atoms with van der Waals surface area (Å²) < 4.78 is 2.46. The van der Waals surface area contributed by atoms with Crippen molar-refractivity contribution in [3.05, 3.63) is 48.3 Å². The van der Waals surface area contributed by atoms with E-state index in [-0.39, 0.29) is 0 Å². The minimum atomic E-state index is 0.453. The average molecular weight is 324 g/mol. The minimum absolute atomic E-state index is 0.453. The maximum atomic E-state index is 4.63. The van der Waals surface area contributed by atoms with Crippen LogP contribution in [0.1, 0.15) is 74.8 Å². The molecule has 0 bridgehead atoms. The van der Waals surface area contributed by atoms with Crippen LogP contribution in [0.2, 0.25) is 0 Å². The van der Waals surface area contributed by atoms with Crippen LogP contribution in [0.3, 0.4) is 0 Å². The van der Waals surface area contributed by atoms with E-state index in [0.29, 0.717) is 12.1 Å². The third-order valence-electron chi connectivity index (χ3n) is 5.72. The molecule has 0 spiro atoms. The quantitative estimate of drug-likeness (QED) is 0.830. The Kier molecular flexibility index (Phi) is 4.93. The first-order chi connectivity index (χ1) is 11.9. The number of imidazole rings is 1. The van der Waals surface area contributed by atoms with Crippen LogP contribution in [0.15, 0.2) is 36.9 Å². The summed E-state index contributed by atoms with van der Waals surface area (Å²) in [7, 11) is 0. The van der Waals surface area contributed by atoms with E-state index in [9.17, 15) is 0 Å². The highest BCUT2D eigenvalue weighted by Gasteiger charge is 2.26. The van der Waals surface area contributed by atoms with Crippen molar-refractivity contribution in [1.29, 1.82) is 0 Å². The number of rotatable bonds is 4. The molecule has 1 aliphatic carbocycles. The molecule has 4 nitrogen and oxygen atoms in total. The monoisotopic (exact) mass is 324 g/mol. The SMILES string of the molecule is c1ccc([C@@H]2CCCCN2Cc2cncn2C2CCCCC2)nc1. The van der Waals surface area contributed by atoms with Crippen LogP contribution in [0.5, 0.6) is 0 Å². The van der Waals surface area contributed by atoms with E-state index in [4.69, 9.17) is 0 Å². The van der Waals surface area contributed by atoms with E-state index in [0.717, 1.165) is 13.1 Å². The van der Waals surface area contributed by atoms with Crippen LogP contribution in [-0.4, -0.2) is 26.0 Å². The molecule has 1 saturated heterocycles. The highest BCUT2D eigenvalue weighted by molar-refractivity contribution is 5.11. The number of pyridine rings is 1. The molecule has 2 aromatic rings. The highest BCUT2D eigenvalue weighted by Crippen LogP contribution is 2.33. The summed E-state index contributed by atoms with van der Waals surface area (Å²) in [5.41, 5.74) is 2.60. The van der Waals surface area contributed by atoms with Crippen LogP contribution in [-0.2, 0) is 6.54 Å². The van der Waals surface area contributed by atoms with Crippen molar-refractivity contribution in [2.75, 3.05) is 6.54 Å². The molecule has 1 saturated carbocycles. The van der Waals surface area contributed by atoms with Gasteiger partial charge in [-0.05, 0) is 44.4 Å². The van der Waals surface area contributed by atoms with Gasteiger partial charge in [0, 0.05) is 25.0 Å². The molecule has 0 N–H and O–H groups in total. The molecule has 0 radical (unpaired) electrons. The van der Waals surface area contributed by atoms with Crippen molar-refractivity contribution >= 4 is 0 Å². The summed E-state index contributed by atoms with van der Waals surface area (Å²) in [6.07, 6.45) is 16.6. The van der Waals surface area contributed by atoms with E-state index < -0.39 is 0 Å². The minimum Gasteiger partial charge on any atom is -0.330 e. The third kappa shape index (κ3) is 3.39. The summed E-state index contributed by atoms with van der Waals surface area (Å²) in [4.78, 5) is 11.7. The Morgan fingerprint density at radius 3 is 2.71 bits per heavy atom. The van der Waals surface area contributed by atoms with Crippen molar-refractivity contribution in [2.45, 2.75) is 70.0 Å². The molecule has 2 fully saturated rings. The Morgan fingerprint density at radius 1 is 1.00 bits per heavy atom. The predicted octanol–water partition coefficient (Wildman–Crippen LogP) is 4.51. The molecule has 0 unspecified atom stereocenters. The molecular formula is C20H28N4. The summed E-state index contributed by atoms with van der Waals surface area (Å²) in [5, 5.41) is 0. The van der Waals surface area contributed by atoms with Crippen molar-refractivity contribution in [2.24, 2.45) is 0 Å². The number of likely N-dealkylation sites (tertiary alicyclic amines) is 1. The third-order valence-corrected chi connectivity index (χ3v) is 5.72. The van der Waals surface area contributed by atoms with Gasteiger partial charge >= 0.3 is 0 Å². The second-order valence-electron chi connectivity index (χ2n) is 7.32. The standard InChI is InChI=1S/C20H28N4/c1-2-8-17(9-3-1)24-16-21-14-18(24)15-23-13-7-5-11-20(23)19-10-4-6-12-22-19/h4,6,10,12,14,16-17,20H,1-3,5,7-9,11,13,15H2/t20-/m0/s1. The molecule has 3 heterocycles. The lowest BCUT2D eigenvalue weighted by atomic mass is 9.95. The van der Waals surface area contributed by atoms with Gasteiger partial charge < -0.3 is 4.57 Å². The predicted molar refractivity (Wildman–Crippen MR) is 95.6 cm³/mol. The largest absolute Gasteiger partial charge is 0.330 e. The Bertz CT molecular complexity index is 630. The van der Waals surface area contributed by atoms with Crippen molar-refractivity contribution in [3.8, 4) is 0 Å². The first-order valence-electron chi connectivity index (χ1n) is 9.57. The molecule has 24 heavy (non-hydrogen) atoms. The molecule has 0 amide bonds. The zero-order valence-electron chi connectivity index (χ0n) is 14.5. The topological polar surface area (TPSA) is 34.0 Å². The van der Waals surface area contributed by atoms with Gasteiger partial charge in [-0.2, -0.15) is 0 Å². The van der Waals surface area contributed by atoms with Crippen LogP contribution in [0, 0.1) is 0 Å². The van der Waals surface area contributed by atoms with Gasteiger partial charge in [-0.25, -0.2) is 4.98 Å². The zero-order valence-corrected chi connectivity index (χ0v) is 14.5. The molecule has 1 atom stereocenters.